The van der Waals surface area contributed by atoms with Crippen molar-refractivity contribution in [3.8, 4) is 0 Å². The van der Waals surface area contributed by atoms with Gasteiger partial charge in [0, 0.05) is 13.1 Å². The van der Waals surface area contributed by atoms with E-state index in [1.54, 1.807) is 0 Å². The summed E-state index contributed by atoms with van der Waals surface area (Å²) in [5, 5.41) is 2.94. The van der Waals surface area contributed by atoms with E-state index in [1.807, 2.05) is 39.0 Å². The number of fused-ring (bicyclic) bond motifs is 1. The molecule has 1 amide bonds. The quantitative estimate of drug-likeness (QED) is 0.857. The van der Waals surface area contributed by atoms with Gasteiger partial charge in [0.25, 0.3) is 0 Å². The molecule has 132 valence electrons. The summed E-state index contributed by atoms with van der Waals surface area (Å²) in [6.07, 6.45) is 1.74. The summed E-state index contributed by atoms with van der Waals surface area (Å²) < 4.78 is 5.42. The molecule has 0 aromatic heterocycles. The zero-order valence-electron chi connectivity index (χ0n) is 15.2. The van der Waals surface area contributed by atoms with Crippen molar-refractivity contribution in [2.45, 2.75) is 45.8 Å². The van der Waals surface area contributed by atoms with Gasteiger partial charge in [0.05, 0.1) is 11.4 Å². The first-order valence-electron chi connectivity index (χ1n) is 8.83. The number of hydrogen-bond donors (Lipinski definition) is 1. The molecule has 1 aliphatic rings. The Morgan fingerprint density at radius 3 is 2.60 bits per heavy atom. The third kappa shape index (κ3) is 4.53. The van der Waals surface area contributed by atoms with Crippen molar-refractivity contribution in [2.75, 3.05) is 16.8 Å². The minimum absolute atomic E-state index is 0.411. The molecule has 4 nitrogen and oxygen atoms in total. The second-order valence-corrected chi connectivity index (χ2v) is 7.45. The summed E-state index contributed by atoms with van der Waals surface area (Å²) in [6.45, 7) is 7.42. The normalized spacial score (nSPS) is 14.0. The lowest BCUT2D eigenvalue weighted by Crippen LogP contribution is -2.31. The van der Waals surface area contributed by atoms with Crippen LogP contribution in [-0.2, 0) is 17.7 Å². The molecule has 25 heavy (non-hydrogen) atoms. The van der Waals surface area contributed by atoms with Crippen molar-refractivity contribution in [3.63, 3.8) is 0 Å². The van der Waals surface area contributed by atoms with Gasteiger partial charge < -0.3 is 9.64 Å². The van der Waals surface area contributed by atoms with E-state index < -0.39 is 11.7 Å². The smallest absolute Gasteiger partial charge is 0.412 e. The van der Waals surface area contributed by atoms with Crippen LogP contribution in [0.4, 0.5) is 16.2 Å². The van der Waals surface area contributed by atoms with Crippen LogP contribution in [0.5, 0.6) is 0 Å². The largest absolute Gasteiger partial charge is 0.444 e. The van der Waals surface area contributed by atoms with Gasteiger partial charge in [0.2, 0.25) is 0 Å². The van der Waals surface area contributed by atoms with Gasteiger partial charge in [-0.25, -0.2) is 4.79 Å². The van der Waals surface area contributed by atoms with Gasteiger partial charge in [0.1, 0.15) is 5.60 Å². The predicted molar refractivity (Wildman–Crippen MR) is 102 cm³/mol. The zero-order valence-corrected chi connectivity index (χ0v) is 15.2. The van der Waals surface area contributed by atoms with Crippen molar-refractivity contribution in [3.05, 3.63) is 59.7 Å². The number of hydrogen-bond acceptors (Lipinski definition) is 3. The molecule has 1 N–H and O–H groups in total. The Morgan fingerprint density at radius 1 is 1.12 bits per heavy atom. The molecule has 0 saturated carbocycles. The highest BCUT2D eigenvalue weighted by atomic mass is 16.6. The first-order chi connectivity index (χ1) is 11.9. The minimum atomic E-state index is -0.511. The molecule has 0 aliphatic carbocycles. The molecule has 2 aromatic rings. The van der Waals surface area contributed by atoms with E-state index >= 15 is 0 Å². The second kappa shape index (κ2) is 7.18. The maximum absolute atomic E-state index is 12.2. The van der Waals surface area contributed by atoms with Crippen LogP contribution < -0.4 is 10.2 Å². The van der Waals surface area contributed by atoms with Crippen molar-refractivity contribution < 1.29 is 9.53 Å². The molecule has 1 heterocycles. The van der Waals surface area contributed by atoms with Crippen LogP contribution >= 0.6 is 0 Å². The number of carbonyl (C=O) groups is 1. The molecule has 0 bridgehead atoms. The lowest BCUT2D eigenvalue weighted by molar-refractivity contribution is 0.0636. The van der Waals surface area contributed by atoms with Gasteiger partial charge >= 0.3 is 6.09 Å². The molecular formula is C21H26N2O2. The molecule has 4 heteroatoms. The van der Waals surface area contributed by atoms with E-state index in [4.69, 9.17) is 4.74 Å². The Bertz CT molecular complexity index is 735. The summed E-state index contributed by atoms with van der Waals surface area (Å²) in [4.78, 5) is 14.6. The number of benzene rings is 2. The van der Waals surface area contributed by atoms with E-state index in [-0.39, 0.29) is 0 Å². The monoisotopic (exact) mass is 338 g/mol. The van der Waals surface area contributed by atoms with E-state index in [0.29, 0.717) is 0 Å². The SMILES string of the molecule is CC(C)(C)OC(=O)Nc1cccc2c1N(Cc1ccccc1)CCC2. The number of anilines is 2. The van der Waals surface area contributed by atoms with Crippen LogP contribution in [0.15, 0.2) is 48.5 Å². The van der Waals surface area contributed by atoms with Gasteiger partial charge in [0.15, 0.2) is 0 Å². The fourth-order valence-electron chi connectivity index (χ4n) is 3.22. The maximum Gasteiger partial charge on any atom is 0.412 e. The molecular weight excluding hydrogens is 312 g/mol. The third-order valence-corrected chi connectivity index (χ3v) is 4.16. The summed E-state index contributed by atoms with van der Waals surface area (Å²) in [5.41, 5.74) is 3.96. The standard InChI is InChI=1S/C21H26N2O2/c1-21(2,3)25-20(24)22-18-13-7-11-17-12-8-14-23(19(17)18)15-16-9-5-4-6-10-16/h4-7,9-11,13H,8,12,14-15H2,1-3H3,(H,22,24). The summed E-state index contributed by atoms with van der Waals surface area (Å²) >= 11 is 0. The fraction of sp³-hybridized carbons (Fsp3) is 0.381. The highest BCUT2D eigenvalue weighted by Crippen LogP contribution is 2.35. The molecule has 0 unspecified atom stereocenters. The molecule has 0 saturated heterocycles. The van der Waals surface area contributed by atoms with Gasteiger partial charge in [-0.1, -0.05) is 42.5 Å². The summed E-state index contributed by atoms with van der Waals surface area (Å²) in [6, 6.07) is 16.5. The van der Waals surface area contributed by atoms with Crippen LogP contribution in [-0.4, -0.2) is 18.2 Å². The highest BCUT2D eigenvalue weighted by Gasteiger charge is 2.23. The first-order valence-corrected chi connectivity index (χ1v) is 8.83. The number of nitrogens with one attached hydrogen (secondary N) is 1. The Balaban J connectivity index is 1.85. The third-order valence-electron chi connectivity index (χ3n) is 4.16. The Kier molecular flexibility index (Phi) is 4.98. The minimum Gasteiger partial charge on any atom is -0.444 e. The average Bonchev–Trinajstić information content (AvgIpc) is 2.54. The van der Waals surface area contributed by atoms with Crippen LogP contribution in [0, 0.1) is 0 Å². The number of ether oxygens (including phenoxy) is 1. The number of para-hydroxylation sites is 1. The van der Waals surface area contributed by atoms with Crippen LogP contribution in [0.2, 0.25) is 0 Å². The Hall–Kier alpha value is -2.49. The number of carbonyl (C=O) groups excluding carboxylic acids is 1. The van der Waals surface area contributed by atoms with E-state index in [2.05, 4.69) is 40.5 Å². The number of aryl methyl sites for hydroxylation is 1. The van der Waals surface area contributed by atoms with Crippen molar-refractivity contribution >= 4 is 17.5 Å². The topological polar surface area (TPSA) is 41.6 Å². The predicted octanol–water partition coefficient (Wildman–Crippen LogP) is 4.99. The number of nitrogens with zero attached hydrogens (tertiary/aromatic N) is 1. The van der Waals surface area contributed by atoms with E-state index in [9.17, 15) is 4.79 Å². The van der Waals surface area contributed by atoms with E-state index in [1.165, 1.54) is 11.1 Å². The van der Waals surface area contributed by atoms with Gasteiger partial charge in [-0.15, -0.1) is 0 Å². The lowest BCUT2D eigenvalue weighted by atomic mass is 9.99. The van der Waals surface area contributed by atoms with Crippen LogP contribution in [0.1, 0.15) is 38.3 Å². The molecule has 0 radical (unpaired) electrons. The van der Waals surface area contributed by atoms with Gasteiger partial charge in [-0.05, 0) is 50.8 Å². The Morgan fingerprint density at radius 2 is 1.88 bits per heavy atom. The molecule has 0 atom stereocenters. The van der Waals surface area contributed by atoms with Gasteiger partial charge in [-0.2, -0.15) is 0 Å². The highest BCUT2D eigenvalue weighted by molar-refractivity contribution is 5.91. The fourth-order valence-corrected chi connectivity index (χ4v) is 3.22. The van der Waals surface area contributed by atoms with Crippen LogP contribution in [0.3, 0.4) is 0 Å². The molecule has 0 fully saturated rings. The first kappa shape index (κ1) is 17.3. The molecule has 2 aromatic carbocycles. The summed E-state index contributed by atoms with van der Waals surface area (Å²) in [7, 11) is 0. The molecule has 0 spiro atoms. The lowest BCUT2D eigenvalue weighted by Gasteiger charge is -2.33. The number of amides is 1. The summed E-state index contributed by atoms with van der Waals surface area (Å²) in [5.74, 6) is 0. The van der Waals surface area contributed by atoms with Crippen LogP contribution in [0.25, 0.3) is 0 Å². The van der Waals surface area contributed by atoms with Crippen molar-refractivity contribution in [2.24, 2.45) is 0 Å². The maximum atomic E-state index is 12.2. The molecule has 1 aliphatic heterocycles. The van der Waals surface area contributed by atoms with E-state index in [0.717, 1.165) is 37.3 Å². The van der Waals surface area contributed by atoms with Gasteiger partial charge in [-0.3, -0.25) is 5.32 Å². The average molecular weight is 338 g/mol. The zero-order chi connectivity index (χ0) is 17.9. The second-order valence-electron chi connectivity index (χ2n) is 7.45. The number of rotatable bonds is 3. The van der Waals surface area contributed by atoms with Crippen molar-refractivity contribution in [1.29, 1.82) is 0 Å². The Labute approximate surface area is 149 Å². The van der Waals surface area contributed by atoms with Crippen molar-refractivity contribution in [1.82, 2.24) is 0 Å². The molecule has 3 rings (SSSR count).